The molecule has 0 aromatic heterocycles. The van der Waals surface area contributed by atoms with Crippen LogP contribution in [0.5, 0.6) is 0 Å². The molecule has 1 amide bonds. The molecule has 1 rings (SSSR count). The van der Waals surface area contributed by atoms with Crippen molar-refractivity contribution in [2.45, 2.75) is 71.9 Å². The number of likely N-dealkylation sites (tertiary alicyclic amines) is 1. The lowest BCUT2D eigenvalue weighted by atomic mass is 9.80. The van der Waals surface area contributed by atoms with Crippen molar-refractivity contribution < 1.29 is 9.53 Å². The van der Waals surface area contributed by atoms with Crippen molar-refractivity contribution in [3.8, 4) is 6.07 Å². The second kappa shape index (κ2) is 5.81. The minimum Gasteiger partial charge on any atom is -0.444 e. The van der Waals surface area contributed by atoms with E-state index in [0.29, 0.717) is 13.0 Å². The third-order valence-corrected chi connectivity index (χ3v) is 3.41. The summed E-state index contributed by atoms with van der Waals surface area (Å²) in [6, 6.07) is 2.31. The number of carbonyl (C=O) groups excluding carboxylic acids is 1. The summed E-state index contributed by atoms with van der Waals surface area (Å²) in [6.45, 7) is 10.7. The predicted molar refractivity (Wildman–Crippen MR) is 74.6 cm³/mol. The monoisotopic (exact) mass is 266 g/mol. The van der Waals surface area contributed by atoms with Crippen LogP contribution in [-0.4, -0.2) is 29.2 Å². The largest absolute Gasteiger partial charge is 0.444 e. The van der Waals surface area contributed by atoms with Crippen molar-refractivity contribution >= 4 is 6.09 Å². The molecule has 1 atom stereocenters. The highest BCUT2D eigenvalue weighted by atomic mass is 16.6. The molecule has 1 aliphatic heterocycles. The van der Waals surface area contributed by atoms with E-state index in [-0.39, 0.29) is 17.6 Å². The molecule has 0 aromatic carbocycles. The molecular weight excluding hydrogens is 240 g/mol. The predicted octanol–water partition coefficient (Wildman–Crippen LogP) is 3.72. The Morgan fingerprint density at radius 2 is 2.11 bits per heavy atom. The SMILES string of the molecule is CC1(C)CCC(CCC#N)N(C(=O)OC(C)(C)C)C1. The van der Waals surface area contributed by atoms with E-state index in [2.05, 4.69) is 19.9 Å². The molecule has 19 heavy (non-hydrogen) atoms. The number of nitriles is 1. The van der Waals surface area contributed by atoms with Crippen LogP contribution in [0.2, 0.25) is 0 Å². The van der Waals surface area contributed by atoms with Gasteiger partial charge in [-0.05, 0) is 45.4 Å². The van der Waals surface area contributed by atoms with Crippen LogP contribution in [-0.2, 0) is 4.74 Å². The Morgan fingerprint density at radius 1 is 1.47 bits per heavy atom. The molecule has 4 heteroatoms. The summed E-state index contributed by atoms with van der Waals surface area (Å²) in [5.41, 5.74) is -0.349. The molecule has 0 spiro atoms. The minimum absolute atomic E-state index is 0.125. The van der Waals surface area contributed by atoms with Crippen LogP contribution in [0.25, 0.3) is 0 Å². The Balaban J connectivity index is 2.76. The molecule has 1 saturated heterocycles. The number of amides is 1. The molecule has 1 heterocycles. The zero-order valence-electron chi connectivity index (χ0n) is 12.8. The summed E-state index contributed by atoms with van der Waals surface area (Å²) >= 11 is 0. The van der Waals surface area contributed by atoms with Gasteiger partial charge in [-0.3, -0.25) is 0 Å². The van der Waals surface area contributed by atoms with Crippen LogP contribution in [0.15, 0.2) is 0 Å². The first-order chi connectivity index (χ1) is 8.64. The smallest absolute Gasteiger partial charge is 0.410 e. The van der Waals surface area contributed by atoms with Crippen LogP contribution >= 0.6 is 0 Å². The number of piperidine rings is 1. The summed E-state index contributed by atoms with van der Waals surface area (Å²) in [7, 11) is 0. The summed E-state index contributed by atoms with van der Waals surface area (Å²) in [6.07, 6.45) is 3.02. The highest BCUT2D eigenvalue weighted by Gasteiger charge is 2.37. The van der Waals surface area contributed by atoms with E-state index in [0.717, 1.165) is 19.3 Å². The average Bonchev–Trinajstić information content (AvgIpc) is 2.24. The first-order valence-electron chi connectivity index (χ1n) is 7.01. The number of nitrogens with zero attached hydrogens (tertiary/aromatic N) is 2. The van der Waals surface area contributed by atoms with Gasteiger partial charge in [0, 0.05) is 19.0 Å². The van der Waals surface area contributed by atoms with Crippen molar-refractivity contribution in [2.75, 3.05) is 6.54 Å². The highest BCUT2D eigenvalue weighted by Crippen LogP contribution is 2.34. The maximum Gasteiger partial charge on any atom is 0.410 e. The fourth-order valence-corrected chi connectivity index (χ4v) is 2.45. The topological polar surface area (TPSA) is 53.3 Å². The molecule has 4 nitrogen and oxygen atoms in total. The maximum absolute atomic E-state index is 12.3. The van der Waals surface area contributed by atoms with E-state index >= 15 is 0 Å². The number of rotatable bonds is 2. The first-order valence-corrected chi connectivity index (χ1v) is 7.01. The molecule has 1 fully saturated rings. The highest BCUT2D eigenvalue weighted by molar-refractivity contribution is 5.68. The van der Waals surface area contributed by atoms with Crippen LogP contribution in [0, 0.1) is 16.7 Å². The van der Waals surface area contributed by atoms with Crippen LogP contribution in [0.4, 0.5) is 4.79 Å². The zero-order valence-corrected chi connectivity index (χ0v) is 12.8. The van der Waals surface area contributed by atoms with E-state index in [1.807, 2.05) is 25.7 Å². The normalized spacial score (nSPS) is 22.7. The molecule has 0 N–H and O–H groups in total. The molecule has 0 bridgehead atoms. The van der Waals surface area contributed by atoms with E-state index in [1.165, 1.54) is 0 Å². The summed E-state index contributed by atoms with van der Waals surface area (Å²) in [4.78, 5) is 14.1. The van der Waals surface area contributed by atoms with Gasteiger partial charge in [0.05, 0.1) is 6.07 Å². The molecule has 0 aromatic rings. The fourth-order valence-electron chi connectivity index (χ4n) is 2.45. The Morgan fingerprint density at radius 3 is 2.63 bits per heavy atom. The molecule has 1 aliphatic rings. The van der Waals surface area contributed by atoms with Gasteiger partial charge in [0.1, 0.15) is 5.60 Å². The number of carbonyl (C=O) groups is 1. The Kier molecular flexibility index (Phi) is 4.84. The van der Waals surface area contributed by atoms with Gasteiger partial charge < -0.3 is 9.64 Å². The molecule has 108 valence electrons. The average molecular weight is 266 g/mol. The second-order valence-corrected chi connectivity index (χ2v) is 7.16. The second-order valence-electron chi connectivity index (χ2n) is 7.16. The van der Waals surface area contributed by atoms with E-state index in [1.54, 1.807) is 0 Å². The van der Waals surface area contributed by atoms with Crippen molar-refractivity contribution in [3.05, 3.63) is 0 Å². The Hall–Kier alpha value is -1.24. The Bertz CT molecular complexity index is 363. The molecule has 0 radical (unpaired) electrons. The summed E-state index contributed by atoms with van der Waals surface area (Å²) in [5.74, 6) is 0. The number of hydrogen-bond donors (Lipinski definition) is 0. The Labute approximate surface area is 116 Å². The van der Waals surface area contributed by atoms with Crippen LogP contribution in [0.1, 0.15) is 60.3 Å². The number of ether oxygens (including phenoxy) is 1. The quantitative estimate of drug-likeness (QED) is 0.765. The molecule has 0 aliphatic carbocycles. The van der Waals surface area contributed by atoms with Crippen LogP contribution < -0.4 is 0 Å². The zero-order chi connectivity index (χ0) is 14.7. The van der Waals surface area contributed by atoms with Gasteiger partial charge in [0.15, 0.2) is 0 Å². The molecule has 1 unspecified atom stereocenters. The maximum atomic E-state index is 12.3. The fraction of sp³-hybridized carbons (Fsp3) is 0.867. The van der Waals surface area contributed by atoms with Crippen LogP contribution in [0.3, 0.4) is 0 Å². The first kappa shape index (κ1) is 15.8. The van der Waals surface area contributed by atoms with Gasteiger partial charge >= 0.3 is 6.09 Å². The van der Waals surface area contributed by atoms with Gasteiger partial charge in [-0.15, -0.1) is 0 Å². The lowest BCUT2D eigenvalue weighted by Crippen LogP contribution is -2.51. The third-order valence-electron chi connectivity index (χ3n) is 3.41. The van der Waals surface area contributed by atoms with Crippen molar-refractivity contribution in [1.82, 2.24) is 4.90 Å². The summed E-state index contributed by atoms with van der Waals surface area (Å²) in [5, 5.41) is 8.73. The van der Waals surface area contributed by atoms with Gasteiger partial charge in [-0.2, -0.15) is 5.26 Å². The molecule has 0 saturated carbocycles. The molecular formula is C15H26N2O2. The number of hydrogen-bond acceptors (Lipinski definition) is 3. The standard InChI is InChI=1S/C15H26N2O2/c1-14(2,3)19-13(18)17-11-15(4,5)9-8-12(17)7-6-10-16/h12H,6-9,11H2,1-5H3. The van der Waals surface area contributed by atoms with Crippen molar-refractivity contribution in [1.29, 1.82) is 5.26 Å². The van der Waals surface area contributed by atoms with Crippen molar-refractivity contribution in [3.63, 3.8) is 0 Å². The van der Waals surface area contributed by atoms with Gasteiger partial charge in [-0.25, -0.2) is 4.79 Å². The van der Waals surface area contributed by atoms with Crippen molar-refractivity contribution in [2.24, 2.45) is 5.41 Å². The van der Waals surface area contributed by atoms with Gasteiger partial charge in [0.2, 0.25) is 0 Å². The lowest BCUT2D eigenvalue weighted by Gasteiger charge is -2.43. The van der Waals surface area contributed by atoms with E-state index < -0.39 is 5.60 Å². The summed E-state index contributed by atoms with van der Waals surface area (Å²) < 4.78 is 5.48. The van der Waals surface area contributed by atoms with Gasteiger partial charge in [-0.1, -0.05) is 13.8 Å². The third kappa shape index (κ3) is 5.10. The minimum atomic E-state index is -0.474. The van der Waals surface area contributed by atoms with E-state index in [4.69, 9.17) is 10.00 Å². The van der Waals surface area contributed by atoms with E-state index in [9.17, 15) is 4.79 Å². The lowest BCUT2D eigenvalue weighted by molar-refractivity contribution is -0.00847. The van der Waals surface area contributed by atoms with Gasteiger partial charge in [0.25, 0.3) is 0 Å².